The van der Waals surface area contributed by atoms with Gasteiger partial charge in [0.2, 0.25) is 5.91 Å². The Balaban J connectivity index is 2.56. The predicted molar refractivity (Wildman–Crippen MR) is 69.2 cm³/mol. The van der Waals surface area contributed by atoms with Crippen LogP contribution in [-0.4, -0.2) is 28.5 Å². The number of amides is 1. The second kappa shape index (κ2) is 6.27. The minimum absolute atomic E-state index is 0.147. The van der Waals surface area contributed by atoms with Crippen LogP contribution in [0.15, 0.2) is 15.4 Å². The van der Waals surface area contributed by atoms with Gasteiger partial charge in [0.05, 0.1) is 12.7 Å². The second-order valence-corrected chi connectivity index (χ2v) is 4.98. The van der Waals surface area contributed by atoms with Gasteiger partial charge in [0, 0.05) is 6.04 Å². The summed E-state index contributed by atoms with van der Waals surface area (Å²) in [4.78, 5) is 19.6. The summed E-state index contributed by atoms with van der Waals surface area (Å²) in [5.41, 5.74) is 0. The van der Waals surface area contributed by atoms with E-state index in [-0.39, 0.29) is 18.5 Å². The quantitative estimate of drug-likeness (QED) is 0.869. The average Bonchev–Trinajstić information content (AvgIpc) is 2.19. The summed E-state index contributed by atoms with van der Waals surface area (Å²) in [5, 5.41) is 5.66. The number of hydrogen-bond donors (Lipinski definition) is 2. The van der Waals surface area contributed by atoms with Crippen molar-refractivity contribution in [2.24, 2.45) is 0 Å². The molecule has 0 aliphatic carbocycles. The monoisotopic (exact) mass is 350 g/mol. The number of carbonyl (C=O) groups is 1. The molecule has 0 saturated heterocycles. The first-order valence-electron chi connectivity index (χ1n) is 4.70. The van der Waals surface area contributed by atoms with Crippen LogP contribution in [-0.2, 0) is 4.79 Å². The molecule has 0 spiro atoms. The SMILES string of the molecule is CC(C)NCC(=O)Nc1ncc(Br)nc1Br. The Morgan fingerprint density at radius 1 is 1.50 bits per heavy atom. The van der Waals surface area contributed by atoms with E-state index in [9.17, 15) is 4.79 Å². The number of halogens is 2. The van der Waals surface area contributed by atoms with Gasteiger partial charge in [-0.1, -0.05) is 13.8 Å². The third-order valence-corrected chi connectivity index (χ3v) is 2.56. The van der Waals surface area contributed by atoms with Crippen molar-refractivity contribution in [1.82, 2.24) is 15.3 Å². The van der Waals surface area contributed by atoms with E-state index in [1.54, 1.807) is 0 Å². The van der Waals surface area contributed by atoms with Crippen LogP contribution in [0, 0.1) is 0 Å². The zero-order chi connectivity index (χ0) is 12.1. The number of anilines is 1. The molecule has 1 amide bonds. The molecule has 1 aromatic rings. The molecule has 0 bridgehead atoms. The van der Waals surface area contributed by atoms with Gasteiger partial charge in [-0.3, -0.25) is 4.79 Å². The van der Waals surface area contributed by atoms with E-state index in [0.717, 1.165) is 0 Å². The molecule has 16 heavy (non-hydrogen) atoms. The van der Waals surface area contributed by atoms with Gasteiger partial charge in [-0.2, -0.15) is 0 Å². The summed E-state index contributed by atoms with van der Waals surface area (Å²) in [5.74, 6) is 0.268. The van der Waals surface area contributed by atoms with E-state index in [2.05, 4.69) is 52.5 Å². The van der Waals surface area contributed by atoms with Gasteiger partial charge in [-0.25, -0.2) is 9.97 Å². The molecule has 0 saturated carbocycles. The highest BCUT2D eigenvalue weighted by Crippen LogP contribution is 2.18. The van der Waals surface area contributed by atoms with Crippen molar-refractivity contribution in [3.05, 3.63) is 15.4 Å². The predicted octanol–water partition coefficient (Wildman–Crippen LogP) is 1.94. The molecular weight excluding hydrogens is 340 g/mol. The van der Waals surface area contributed by atoms with Gasteiger partial charge in [0.15, 0.2) is 5.82 Å². The van der Waals surface area contributed by atoms with Gasteiger partial charge in [0.1, 0.15) is 9.21 Å². The molecule has 5 nitrogen and oxygen atoms in total. The maximum atomic E-state index is 11.5. The fourth-order valence-electron chi connectivity index (χ4n) is 0.904. The first-order valence-corrected chi connectivity index (χ1v) is 6.29. The molecule has 0 aromatic carbocycles. The van der Waals surface area contributed by atoms with Crippen molar-refractivity contribution in [3.63, 3.8) is 0 Å². The summed E-state index contributed by atoms with van der Waals surface area (Å²) in [6.45, 7) is 4.20. The highest BCUT2D eigenvalue weighted by atomic mass is 79.9. The van der Waals surface area contributed by atoms with Gasteiger partial charge in [-0.05, 0) is 31.9 Å². The molecule has 0 atom stereocenters. The van der Waals surface area contributed by atoms with Crippen LogP contribution in [0.4, 0.5) is 5.82 Å². The first kappa shape index (κ1) is 13.5. The number of aromatic nitrogens is 2. The van der Waals surface area contributed by atoms with Crippen molar-refractivity contribution >= 4 is 43.6 Å². The molecule has 2 N–H and O–H groups in total. The summed E-state index contributed by atoms with van der Waals surface area (Å²) in [6, 6.07) is 0.269. The van der Waals surface area contributed by atoms with Crippen molar-refractivity contribution in [1.29, 1.82) is 0 Å². The topological polar surface area (TPSA) is 66.9 Å². The Labute approximate surface area is 111 Å². The van der Waals surface area contributed by atoms with E-state index in [1.807, 2.05) is 13.8 Å². The second-order valence-electron chi connectivity index (χ2n) is 3.42. The van der Waals surface area contributed by atoms with E-state index in [0.29, 0.717) is 15.0 Å². The molecule has 0 fully saturated rings. The highest BCUT2D eigenvalue weighted by molar-refractivity contribution is 9.11. The van der Waals surface area contributed by atoms with Crippen LogP contribution >= 0.6 is 31.9 Å². The van der Waals surface area contributed by atoms with Crippen LogP contribution in [0.3, 0.4) is 0 Å². The van der Waals surface area contributed by atoms with Crippen molar-refractivity contribution in [3.8, 4) is 0 Å². The van der Waals surface area contributed by atoms with E-state index < -0.39 is 0 Å². The van der Waals surface area contributed by atoms with Crippen LogP contribution in [0.2, 0.25) is 0 Å². The Kier molecular flexibility index (Phi) is 5.30. The zero-order valence-corrected chi connectivity index (χ0v) is 12.1. The van der Waals surface area contributed by atoms with E-state index in [4.69, 9.17) is 0 Å². The fraction of sp³-hybridized carbons (Fsp3) is 0.444. The maximum absolute atomic E-state index is 11.5. The molecule has 1 rings (SSSR count). The number of hydrogen-bond acceptors (Lipinski definition) is 4. The lowest BCUT2D eigenvalue weighted by molar-refractivity contribution is -0.115. The molecule has 7 heteroatoms. The van der Waals surface area contributed by atoms with Gasteiger partial charge >= 0.3 is 0 Å². The normalized spacial score (nSPS) is 10.6. The molecule has 0 radical (unpaired) electrons. The summed E-state index contributed by atoms with van der Waals surface area (Å²) < 4.78 is 1.11. The number of rotatable bonds is 4. The molecule has 0 aliphatic rings. The van der Waals surface area contributed by atoms with Crippen molar-refractivity contribution in [2.45, 2.75) is 19.9 Å². The van der Waals surface area contributed by atoms with Crippen LogP contribution in [0.1, 0.15) is 13.8 Å². The third kappa shape index (κ3) is 4.54. The first-order chi connectivity index (χ1) is 7.49. The Morgan fingerprint density at radius 2 is 2.19 bits per heavy atom. The van der Waals surface area contributed by atoms with Gasteiger partial charge in [0.25, 0.3) is 0 Å². The Hall–Kier alpha value is -0.530. The zero-order valence-electron chi connectivity index (χ0n) is 8.92. The summed E-state index contributed by atoms with van der Waals surface area (Å²) in [6.07, 6.45) is 1.52. The third-order valence-electron chi connectivity index (χ3n) is 1.63. The lowest BCUT2D eigenvalue weighted by Gasteiger charge is -2.09. The van der Waals surface area contributed by atoms with E-state index in [1.165, 1.54) is 6.20 Å². The Morgan fingerprint density at radius 3 is 2.75 bits per heavy atom. The van der Waals surface area contributed by atoms with Crippen molar-refractivity contribution < 1.29 is 4.79 Å². The Bertz CT molecular complexity index is 384. The number of nitrogens with zero attached hydrogens (tertiary/aromatic N) is 2. The van der Waals surface area contributed by atoms with Crippen LogP contribution < -0.4 is 10.6 Å². The van der Waals surface area contributed by atoms with Crippen LogP contribution in [0.5, 0.6) is 0 Å². The molecule has 1 heterocycles. The number of nitrogens with one attached hydrogen (secondary N) is 2. The highest BCUT2D eigenvalue weighted by Gasteiger charge is 2.08. The minimum atomic E-state index is -0.147. The standard InChI is InChI=1S/C9H12Br2N4O/c1-5(2)12-4-7(16)15-9-8(11)14-6(10)3-13-9/h3,5,12H,4H2,1-2H3,(H,13,15,16). The van der Waals surface area contributed by atoms with Crippen LogP contribution in [0.25, 0.3) is 0 Å². The lowest BCUT2D eigenvalue weighted by atomic mass is 10.4. The number of carbonyl (C=O) groups excluding carboxylic acids is 1. The molecule has 0 aliphatic heterocycles. The fourth-order valence-corrected chi connectivity index (χ4v) is 1.81. The average molecular weight is 352 g/mol. The van der Waals surface area contributed by atoms with Gasteiger partial charge in [-0.15, -0.1) is 0 Å². The van der Waals surface area contributed by atoms with Gasteiger partial charge < -0.3 is 10.6 Å². The van der Waals surface area contributed by atoms with E-state index >= 15 is 0 Å². The molecule has 0 unspecified atom stereocenters. The summed E-state index contributed by atoms with van der Waals surface area (Å²) in [7, 11) is 0. The lowest BCUT2D eigenvalue weighted by Crippen LogP contribution is -2.32. The maximum Gasteiger partial charge on any atom is 0.239 e. The molecular formula is C9H12Br2N4O. The minimum Gasteiger partial charge on any atom is -0.307 e. The molecule has 1 aromatic heterocycles. The van der Waals surface area contributed by atoms with Crippen molar-refractivity contribution in [2.75, 3.05) is 11.9 Å². The largest absolute Gasteiger partial charge is 0.307 e. The molecule has 88 valence electrons. The summed E-state index contributed by atoms with van der Waals surface area (Å²) >= 11 is 6.40. The smallest absolute Gasteiger partial charge is 0.239 e.